The van der Waals surface area contributed by atoms with Crippen molar-refractivity contribution in [1.82, 2.24) is 5.32 Å². The number of rotatable bonds is 21. The van der Waals surface area contributed by atoms with Crippen LogP contribution in [0.15, 0.2) is 0 Å². The van der Waals surface area contributed by atoms with E-state index >= 15 is 0 Å². The van der Waals surface area contributed by atoms with E-state index in [2.05, 4.69) is 12.2 Å². The maximum Gasteiger partial charge on any atom is 0.472 e. The van der Waals surface area contributed by atoms with Gasteiger partial charge in [0.15, 0.2) is 0 Å². The van der Waals surface area contributed by atoms with Gasteiger partial charge in [0.25, 0.3) is 0 Å². The molecule has 1 saturated carbocycles. The molecule has 2 N–H and O–H groups in total. The summed E-state index contributed by atoms with van der Waals surface area (Å²) < 4.78 is 23.5. The molecule has 0 aliphatic heterocycles. The standard InChI is InChI=1S/C26H53N2O5P/c1-5-6-7-8-9-10-11-12-13-14-15-16-17-21-26(29)27-24-19-18-20-25(24)33-34(30,31)32-23-22-28(2,3)4/h24-25H,5-23H2,1-4H3,(H-,27,29,30,31)/p+1/t24-,25+/m0/s1. The van der Waals surface area contributed by atoms with Crippen LogP contribution in [0.2, 0.25) is 0 Å². The Hall–Kier alpha value is -0.460. The Kier molecular flexibility index (Phi) is 16.6. The molecule has 1 aliphatic carbocycles. The van der Waals surface area contributed by atoms with Crippen molar-refractivity contribution >= 4 is 13.7 Å². The van der Waals surface area contributed by atoms with Crippen molar-refractivity contribution in [2.75, 3.05) is 34.3 Å². The largest absolute Gasteiger partial charge is 0.472 e. The molecule has 0 bridgehead atoms. The number of amides is 1. The summed E-state index contributed by atoms with van der Waals surface area (Å²) in [5.74, 6) is 0.0160. The molecule has 0 aromatic rings. The fourth-order valence-corrected chi connectivity index (χ4v) is 5.40. The predicted octanol–water partition coefficient (Wildman–Crippen LogP) is 6.34. The molecule has 34 heavy (non-hydrogen) atoms. The maximum atomic E-state index is 12.4. The van der Waals surface area contributed by atoms with Crippen LogP contribution in [0.5, 0.6) is 0 Å². The first-order valence-corrected chi connectivity index (χ1v) is 15.4. The molecule has 8 heteroatoms. The predicted molar refractivity (Wildman–Crippen MR) is 140 cm³/mol. The number of phosphoric ester groups is 1. The van der Waals surface area contributed by atoms with Crippen LogP contribution in [0.3, 0.4) is 0 Å². The summed E-state index contributed by atoms with van der Waals surface area (Å²) in [6.07, 6.45) is 19.0. The summed E-state index contributed by atoms with van der Waals surface area (Å²) in [6.45, 7) is 3.02. The second-order valence-electron chi connectivity index (χ2n) is 11.1. The molecular weight excluding hydrogens is 451 g/mol. The zero-order valence-electron chi connectivity index (χ0n) is 22.6. The van der Waals surface area contributed by atoms with Gasteiger partial charge >= 0.3 is 7.82 Å². The lowest BCUT2D eigenvalue weighted by Crippen LogP contribution is -2.41. The van der Waals surface area contributed by atoms with E-state index in [0.29, 0.717) is 23.9 Å². The smallest absolute Gasteiger partial charge is 0.351 e. The third-order valence-electron chi connectivity index (χ3n) is 6.59. The van der Waals surface area contributed by atoms with Gasteiger partial charge in [-0.15, -0.1) is 0 Å². The Bertz CT molecular complexity index is 582. The minimum Gasteiger partial charge on any atom is -0.351 e. The number of phosphoric acid groups is 1. The third-order valence-corrected chi connectivity index (χ3v) is 7.64. The Morgan fingerprint density at radius 2 is 1.44 bits per heavy atom. The van der Waals surface area contributed by atoms with E-state index in [1.54, 1.807) is 0 Å². The van der Waals surface area contributed by atoms with Crippen molar-refractivity contribution < 1.29 is 27.8 Å². The van der Waals surface area contributed by atoms with Gasteiger partial charge in [0.2, 0.25) is 5.91 Å². The Balaban J connectivity index is 2.08. The Morgan fingerprint density at radius 1 is 0.912 bits per heavy atom. The summed E-state index contributed by atoms with van der Waals surface area (Å²) in [7, 11) is 1.86. The summed E-state index contributed by atoms with van der Waals surface area (Å²) in [5.41, 5.74) is 0. The van der Waals surface area contributed by atoms with Crippen LogP contribution >= 0.6 is 7.82 Å². The van der Waals surface area contributed by atoms with Crippen molar-refractivity contribution in [1.29, 1.82) is 0 Å². The highest BCUT2D eigenvalue weighted by molar-refractivity contribution is 7.47. The minimum atomic E-state index is -4.12. The van der Waals surface area contributed by atoms with Gasteiger partial charge in [-0.3, -0.25) is 13.8 Å². The van der Waals surface area contributed by atoms with Crippen molar-refractivity contribution in [3.8, 4) is 0 Å². The first kappa shape index (κ1) is 31.6. The average Bonchev–Trinajstić information content (AvgIpc) is 3.15. The molecule has 0 radical (unpaired) electrons. The molecule has 202 valence electrons. The number of hydrogen-bond donors (Lipinski definition) is 2. The van der Waals surface area contributed by atoms with Crippen molar-refractivity contribution in [2.24, 2.45) is 0 Å². The molecule has 0 aromatic heterocycles. The highest BCUT2D eigenvalue weighted by atomic mass is 31.2. The summed E-state index contributed by atoms with van der Waals surface area (Å²) in [5, 5.41) is 3.02. The topological polar surface area (TPSA) is 84.9 Å². The monoisotopic (exact) mass is 505 g/mol. The van der Waals surface area contributed by atoms with Gasteiger partial charge in [0.1, 0.15) is 13.2 Å². The van der Waals surface area contributed by atoms with E-state index < -0.39 is 13.9 Å². The van der Waals surface area contributed by atoms with Crippen molar-refractivity contribution in [2.45, 2.75) is 128 Å². The average molecular weight is 506 g/mol. The maximum absolute atomic E-state index is 12.4. The van der Waals surface area contributed by atoms with E-state index in [-0.39, 0.29) is 18.6 Å². The third kappa shape index (κ3) is 17.0. The zero-order valence-corrected chi connectivity index (χ0v) is 23.5. The molecular formula is C26H54N2O5P+. The Morgan fingerprint density at radius 3 is 1.97 bits per heavy atom. The zero-order chi connectivity index (χ0) is 25.3. The number of carbonyl (C=O) groups is 1. The highest BCUT2D eigenvalue weighted by Crippen LogP contribution is 2.47. The van der Waals surface area contributed by atoms with Crippen LogP contribution in [0.4, 0.5) is 0 Å². The number of nitrogens with one attached hydrogen (secondary N) is 1. The van der Waals surface area contributed by atoms with Crippen LogP contribution in [-0.4, -0.2) is 61.7 Å². The number of hydrogen-bond acceptors (Lipinski definition) is 4. The molecule has 0 aromatic carbocycles. The number of nitrogens with zero attached hydrogens (tertiary/aromatic N) is 1. The van der Waals surface area contributed by atoms with E-state index in [9.17, 15) is 14.3 Å². The summed E-state index contributed by atoms with van der Waals surface area (Å²) >= 11 is 0. The van der Waals surface area contributed by atoms with Gasteiger partial charge in [-0.2, -0.15) is 0 Å². The molecule has 1 aliphatic rings. The first-order valence-electron chi connectivity index (χ1n) is 13.9. The first-order chi connectivity index (χ1) is 16.1. The van der Waals surface area contributed by atoms with Gasteiger partial charge in [0.05, 0.1) is 33.3 Å². The molecule has 1 unspecified atom stereocenters. The van der Waals surface area contributed by atoms with Gasteiger partial charge in [-0.1, -0.05) is 84.0 Å². The van der Waals surface area contributed by atoms with Crippen LogP contribution < -0.4 is 5.32 Å². The fraction of sp³-hybridized carbons (Fsp3) is 0.962. The number of carbonyl (C=O) groups excluding carboxylic acids is 1. The van der Waals surface area contributed by atoms with E-state index in [1.807, 2.05) is 21.1 Å². The molecule has 7 nitrogen and oxygen atoms in total. The number of likely N-dealkylation sites (N-methyl/N-ethyl adjacent to an activating group) is 1. The minimum absolute atomic E-state index is 0.0160. The van der Waals surface area contributed by atoms with Gasteiger partial charge in [-0.05, 0) is 25.7 Å². The summed E-state index contributed by atoms with van der Waals surface area (Å²) in [4.78, 5) is 22.4. The molecule has 0 spiro atoms. The molecule has 1 rings (SSSR count). The van der Waals surface area contributed by atoms with Crippen LogP contribution in [0, 0.1) is 0 Å². The second kappa shape index (κ2) is 17.9. The normalized spacial score (nSPS) is 20.4. The lowest BCUT2D eigenvalue weighted by molar-refractivity contribution is -0.870. The van der Waals surface area contributed by atoms with Crippen LogP contribution in [0.25, 0.3) is 0 Å². The quantitative estimate of drug-likeness (QED) is 0.108. The van der Waals surface area contributed by atoms with E-state index in [0.717, 1.165) is 25.7 Å². The Labute approximate surface area is 209 Å². The van der Waals surface area contributed by atoms with E-state index in [4.69, 9.17) is 9.05 Å². The second-order valence-corrected chi connectivity index (χ2v) is 12.5. The van der Waals surface area contributed by atoms with Crippen molar-refractivity contribution in [3.63, 3.8) is 0 Å². The SMILES string of the molecule is CCCCCCCCCCCCCCCC(=O)N[C@H]1CCC[C@H]1OP(=O)(O)OCC[N+](C)(C)C. The molecule has 3 atom stereocenters. The molecule has 0 saturated heterocycles. The summed E-state index contributed by atoms with van der Waals surface area (Å²) in [6, 6.07) is -0.211. The fourth-order valence-electron chi connectivity index (χ4n) is 4.43. The van der Waals surface area contributed by atoms with E-state index in [1.165, 1.54) is 70.6 Å². The van der Waals surface area contributed by atoms with Gasteiger partial charge < -0.3 is 14.7 Å². The van der Waals surface area contributed by atoms with Gasteiger partial charge in [-0.25, -0.2) is 4.57 Å². The molecule has 1 amide bonds. The molecule has 0 heterocycles. The molecule has 1 fully saturated rings. The lowest BCUT2D eigenvalue weighted by atomic mass is 10.0. The van der Waals surface area contributed by atoms with Crippen LogP contribution in [-0.2, 0) is 18.4 Å². The van der Waals surface area contributed by atoms with Gasteiger partial charge in [0, 0.05) is 6.42 Å². The lowest BCUT2D eigenvalue weighted by Gasteiger charge is -2.26. The number of quaternary nitrogens is 1. The highest BCUT2D eigenvalue weighted by Gasteiger charge is 2.36. The van der Waals surface area contributed by atoms with Crippen LogP contribution in [0.1, 0.15) is 116 Å². The van der Waals surface area contributed by atoms with Crippen molar-refractivity contribution in [3.05, 3.63) is 0 Å². The number of unbranched alkanes of at least 4 members (excludes halogenated alkanes) is 12.